The minimum Gasteiger partial charge on any atom is -0.494 e. The smallest absolute Gasteiger partial charge is 0.329 e. The summed E-state index contributed by atoms with van der Waals surface area (Å²) in [5.74, 6) is -1.02. The van der Waals surface area contributed by atoms with Gasteiger partial charge >= 0.3 is 5.97 Å². The Balaban J connectivity index is 1.98. The fourth-order valence-corrected chi connectivity index (χ4v) is 2.68. The second-order valence-electron chi connectivity index (χ2n) is 7.08. The monoisotopic (exact) mass is 447 g/mol. The molecule has 2 atom stereocenters. The van der Waals surface area contributed by atoms with E-state index < -0.39 is 29.9 Å². The van der Waals surface area contributed by atoms with Gasteiger partial charge in [0.05, 0.1) is 11.6 Å². The zero-order valence-electron chi connectivity index (χ0n) is 17.8. The molecule has 2 aromatic rings. The molecule has 0 aliphatic heterocycles. The molecule has 31 heavy (non-hydrogen) atoms. The van der Waals surface area contributed by atoms with E-state index in [9.17, 15) is 14.4 Å². The Morgan fingerprint density at radius 3 is 2.29 bits per heavy atom. The van der Waals surface area contributed by atoms with Crippen molar-refractivity contribution in [2.75, 3.05) is 11.9 Å². The minimum atomic E-state index is -1.09. The lowest BCUT2D eigenvalue weighted by molar-refractivity contribution is -0.156. The number of anilines is 1. The van der Waals surface area contributed by atoms with E-state index in [-0.39, 0.29) is 11.7 Å². The summed E-state index contributed by atoms with van der Waals surface area (Å²) >= 11 is 5.77. The van der Waals surface area contributed by atoms with Gasteiger partial charge in [-0.15, -0.1) is 0 Å². The molecule has 9 heteroatoms. The maximum atomic E-state index is 12.6. The molecule has 0 fully saturated rings. The number of carbonyl (C=O) groups is 3. The predicted octanol–water partition coefficient (Wildman–Crippen LogP) is 3.46. The Hall–Kier alpha value is -3.13. The highest BCUT2D eigenvalue weighted by molar-refractivity contribution is 6.30. The second-order valence-corrected chi connectivity index (χ2v) is 7.52. The third-order valence-electron chi connectivity index (χ3n) is 4.28. The minimum absolute atomic E-state index is 0.257. The molecular weight excluding hydrogens is 422 g/mol. The summed E-state index contributed by atoms with van der Waals surface area (Å²) in [7, 11) is 0. The first kappa shape index (κ1) is 24.1. The lowest BCUT2D eigenvalue weighted by Crippen LogP contribution is -2.47. The van der Waals surface area contributed by atoms with E-state index in [0.717, 1.165) is 0 Å². The van der Waals surface area contributed by atoms with Crippen molar-refractivity contribution < 1.29 is 23.9 Å². The van der Waals surface area contributed by atoms with Gasteiger partial charge in [0.25, 0.3) is 11.8 Å². The number of amides is 2. The molecule has 0 saturated carbocycles. The van der Waals surface area contributed by atoms with E-state index in [1.54, 1.807) is 44.2 Å². The summed E-state index contributed by atoms with van der Waals surface area (Å²) in [5, 5.41) is 5.64. The van der Waals surface area contributed by atoms with Crippen molar-refractivity contribution in [2.24, 2.45) is 5.92 Å². The fraction of sp³-hybridized carbons (Fsp3) is 0.364. The van der Waals surface area contributed by atoms with Crippen LogP contribution >= 0.6 is 11.6 Å². The van der Waals surface area contributed by atoms with Crippen LogP contribution in [-0.2, 0) is 14.3 Å². The first-order valence-corrected chi connectivity index (χ1v) is 10.3. The van der Waals surface area contributed by atoms with Crippen LogP contribution in [0.15, 0.2) is 42.6 Å². The van der Waals surface area contributed by atoms with Crippen molar-refractivity contribution in [1.82, 2.24) is 10.3 Å². The molecule has 0 radical (unpaired) electrons. The molecule has 0 aliphatic carbocycles. The molecule has 2 amide bonds. The fourth-order valence-electron chi connectivity index (χ4n) is 2.57. The third-order valence-corrected chi connectivity index (χ3v) is 4.50. The van der Waals surface area contributed by atoms with Crippen molar-refractivity contribution in [3.63, 3.8) is 0 Å². The average molecular weight is 448 g/mol. The number of hydrogen-bond acceptors (Lipinski definition) is 6. The van der Waals surface area contributed by atoms with Gasteiger partial charge in [-0.05, 0) is 56.2 Å². The van der Waals surface area contributed by atoms with E-state index in [2.05, 4.69) is 15.6 Å². The molecule has 8 nitrogen and oxygen atoms in total. The number of aromatic nitrogens is 1. The number of pyridine rings is 1. The normalized spacial score (nSPS) is 12.6. The molecule has 1 heterocycles. The highest BCUT2D eigenvalue weighted by Crippen LogP contribution is 2.14. The van der Waals surface area contributed by atoms with Gasteiger partial charge in [0.15, 0.2) is 6.10 Å². The number of esters is 1. The summed E-state index contributed by atoms with van der Waals surface area (Å²) in [4.78, 5) is 41.5. The summed E-state index contributed by atoms with van der Waals surface area (Å²) < 4.78 is 10.6. The number of benzene rings is 1. The van der Waals surface area contributed by atoms with Gasteiger partial charge in [-0.3, -0.25) is 9.59 Å². The van der Waals surface area contributed by atoms with Crippen molar-refractivity contribution in [3.8, 4) is 5.75 Å². The van der Waals surface area contributed by atoms with Gasteiger partial charge in [0.2, 0.25) is 0 Å². The number of hydrogen-bond donors (Lipinski definition) is 2. The van der Waals surface area contributed by atoms with Gasteiger partial charge in [-0.2, -0.15) is 0 Å². The topological polar surface area (TPSA) is 107 Å². The summed E-state index contributed by atoms with van der Waals surface area (Å²) in [6, 6.07) is 8.75. The zero-order chi connectivity index (χ0) is 23.0. The molecule has 1 aromatic heterocycles. The first-order chi connectivity index (χ1) is 14.7. The quantitative estimate of drug-likeness (QED) is 0.570. The third kappa shape index (κ3) is 7.25. The summed E-state index contributed by atoms with van der Waals surface area (Å²) in [5.41, 5.74) is 0.376. The van der Waals surface area contributed by atoms with Gasteiger partial charge in [0.1, 0.15) is 17.6 Å². The number of nitrogens with zero attached hydrogens (tertiary/aromatic N) is 1. The maximum absolute atomic E-state index is 12.6. The molecule has 166 valence electrons. The van der Waals surface area contributed by atoms with Crippen molar-refractivity contribution in [1.29, 1.82) is 0 Å². The Kier molecular flexibility index (Phi) is 8.81. The molecule has 2 N–H and O–H groups in total. The Morgan fingerprint density at radius 2 is 1.74 bits per heavy atom. The zero-order valence-corrected chi connectivity index (χ0v) is 18.6. The standard InChI is InChI=1S/C22H26ClN3O5/c1-5-30-17-9-6-15(7-10-17)21(28)26-19(13(2)3)22(29)31-14(4)20(27)25-18-11-8-16(23)12-24-18/h6-14,19H,5H2,1-4H3,(H,26,28)(H,24,25,27). The first-order valence-electron chi connectivity index (χ1n) is 9.88. The van der Waals surface area contributed by atoms with Gasteiger partial charge in [0, 0.05) is 11.8 Å². The van der Waals surface area contributed by atoms with Crippen molar-refractivity contribution >= 4 is 35.2 Å². The maximum Gasteiger partial charge on any atom is 0.329 e. The Bertz CT molecular complexity index is 900. The molecule has 0 saturated heterocycles. The van der Waals surface area contributed by atoms with E-state index >= 15 is 0 Å². The molecular formula is C22H26ClN3O5. The molecule has 0 spiro atoms. The molecule has 0 bridgehead atoms. The molecule has 2 rings (SSSR count). The van der Waals surface area contributed by atoms with Crippen LogP contribution in [0.5, 0.6) is 5.75 Å². The lowest BCUT2D eigenvalue weighted by Gasteiger charge is -2.23. The SMILES string of the molecule is CCOc1ccc(C(=O)NC(C(=O)OC(C)C(=O)Nc2ccc(Cl)cn2)C(C)C)cc1. The second kappa shape index (κ2) is 11.3. The number of ether oxygens (including phenoxy) is 2. The van der Waals surface area contributed by atoms with Crippen molar-refractivity contribution in [3.05, 3.63) is 53.2 Å². The lowest BCUT2D eigenvalue weighted by atomic mass is 10.0. The Labute approximate surface area is 186 Å². The summed E-state index contributed by atoms with van der Waals surface area (Å²) in [6.45, 7) is 7.37. The molecule has 2 unspecified atom stereocenters. The number of halogens is 1. The van der Waals surface area contributed by atoms with Crippen LogP contribution in [0.2, 0.25) is 5.02 Å². The van der Waals surface area contributed by atoms with Crippen LogP contribution in [0.25, 0.3) is 0 Å². The molecule has 1 aromatic carbocycles. The number of carbonyl (C=O) groups excluding carboxylic acids is 3. The van der Waals surface area contributed by atoms with Crippen LogP contribution in [-0.4, -0.2) is 41.5 Å². The number of rotatable bonds is 9. The van der Waals surface area contributed by atoms with E-state index in [0.29, 0.717) is 22.9 Å². The van der Waals surface area contributed by atoms with Crippen LogP contribution < -0.4 is 15.4 Å². The predicted molar refractivity (Wildman–Crippen MR) is 117 cm³/mol. The van der Waals surface area contributed by atoms with Gasteiger partial charge in [-0.1, -0.05) is 25.4 Å². The van der Waals surface area contributed by atoms with Crippen molar-refractivity contribution in [2.45, 2.75) is 39.8 Å². The van der Waals surface area contributed by atoms with E-state index in [1.165, 1.54) is 19.2 Å². The molecule has 0 aliphatic rings. The largest absolute Gasteiger partial charge is 0.494 e. The van der Waals surface area contributed by atoms with E-state index in [1.807, 2.05) is 6.92 Å². The highest BCUT2D eigenvalue weighted by Gasteiger charge is 2.29. The van der Waals surface area contributed by atoms with Crippen LogP contribution in [0, 0.1) is 5.92 Å². The van der Waals surface area contributed by atoms with E-state index in [4.69, 9.17) is 21.1 Å². The van der Waals surface area contributed by atoms with Crippen LogP contribution in [0.1, 0.15) is 38.1 Å². The average Bonchev–Trinajstić information content (AvgIpc) is 2.73. The van der Waals surface area contributed by atoms with Crippen LogP contribution in [0.3, 0.4) is 0 Å². The summed E-state index contributed by atoms with van der Waals surface area (Å²) in [6.07, 6.45) is 0.299. The Morgan fingerprint density at radius 1 is 1.06 bits per heavy atom. The number of nitrogens with one attached hydrogen (secondary N) is 2. The van der Waals surface area contributed by atoms with Crippen LogP contribution in [0.4, 0.5) is 5.82 Å². The highest BCUT2D eigenvalue weighted by atomic mass is 35.5. The van der Waals surface area contributed by atoms with Gasteiger partial charge in [-0.25, -0.2) is 9.78 Å². The van der Waals surface area contributed by atoms with Gasteiger partial charge < -0.3 is 20.1 Å².